The monoisotopic (exact) mass is 220 g/mol. The molecule has 4 heteroatoms. The van der Waals surface area contributed by atoms with E-state index in [9.17, 15) is 5.11 Å². The zero-order valence-corrected chi connectivity index (χ0v) is 9.45. The van der Waals surface area contributed by atoms with Crippen LogP contribution in [0.2, 0.25) is 0 Å². The molecule has 78 valence electrons. The molecule has 2 rings (SSSR count). The Balaban J connectivity index is 2.41. The van der Waals surface area contributed by atoms with E-state index in [4.69, 9.17) is 0 Å². The fourth-order valence-corrected chi connectivity index (χ4v) is 1.98. The normalized spacial score (nSPS) is 12.7. The SMILES string of the molecule is Cc1ccc(C)c(C(O)c2csnn2)c1. The van der Waals surface area contributed by atoms with Gasteiger partial charge in [0.15, 0.2) is 0 Å². The standard InChI is InChI=1S/C11H12N2OS/c1-7-3-4-8(2)9(5-7)11(14)10-6-15-13-12-10/h3-6,11,14H,1-2H3. The quantitative estimate of drug-likeness (QED) is 0.844. The molecule has 0 amide bonds. The second-order valence-electron chi connectivity index (χ2n) is 3.59. The Morgan fingerprint density at radius 1 is 1.33 bits per heavy atom. The predicted molar refractivity (Wildman–Crippen MR) is 59.9 cm³/mol. The molecule has 1 atom stereocenters. The molecule has 15 heavy (non-hydrogen) atoms. The number of aliphatic hydroxyl groups excluding tert-OH is 1. The van der Waals surface area contributed by atoms with Gasteiger partial charge >= 0.3 is 0 Å². The summed E-state index contributed by atoms with van der Waals surface area (Å²) in [4.78, 5) is 0. The van der Waals surface area contributed by atoms with E-state index >= 15 is 0 Å². The number of aliphatic hydroxyl groups is 1. The number of rotatable bonds is 2. The van der Waals surface area contributed by atoms with Crippen LogP contribution in [-0.2, 0) is 0 Å². The van der Waals surface area contributed by atoms with Crippen LogP contribution in [0.15, 0.2) is 23.6 Å². The number of hydrogen-bond acceptors (Lipinski definition) is 4. The van der Waals surface area contributed by atoms with Gasteiger partial charge in [-0.15, -0.1) is 5.10 Å². The molecule has 0 aliphatic rings. The summed E-state index contributed by atoms with van der Waals surface area (Å²) in [5.41, 5.74) is 3.73. The average Bonchev–Trinajstić information content (AvgIpc) is 2.74. The van der Waals surface area contributed by atoms with E-state index in [0.29, 0.717) is 5.69 Å². The highest BCUT2D eigenvalue weighted by atomic mass is 32.1. The molecule has 2 aromatic rings. The van der Waals surface area contributed by atoms with Crippen LogP contribution >= 0.6 is 11.5 Å². The lowest BCUT2D eigenvalue weighted by atomic mass is 9.99. The van der Waals surface area contributed by atoms with Crippen LogP contribution in [0, 0.1) is 13.8 Å². The molecule has 1 heterocycles. The Labute approximate surface area is 92.6 Å². The second-order valence-corrected chi connectivity index (χ2v) is 4.20. The lowest BCUT2D eigenvalue weighted by molar-refractivity contribution is 0.214. The first-order valence-corrected chi connectivity index (χ1v) is 5.54. The fourth-order valence-electron chi connectivity index (χ4n) is 1.50. The topological polar surface area (TPSA) is 46.0 Å². The van der Waals surface area contributed by atoms with Crippen LogP contribution in [0.4, 0.5) is 0 Å². The molecular weight excluding hydrogens is 208 g/mol. The van der Waals surface area contributed by atoms with Crippen LogP contribution in [0.5, 0.6) is 0 Å². The Hall–Kier alpha value is -1.26. The lowest BCUT2D eigenvalue weighted by Gasteiger charge is -2.11. The first-order chi connectivity index (χ1) is 7.18. The largest absolute Gasteiger partial charge is 0.382 e. The molecule has 0 fully saturated rings. The van der Waals surface area contributed by atoms with Crippen molar-refractivity contribution in [3.05, 3.63) is 46.0 Å². The van der Waals surface area contributed by atoms with Crippen molar-refractivity contribution < 1.29 is 5.11 Å². The molecule has 0 aliphatic heterocycles. The zero-order chi connectivity index (χ0) is 10.8. The second kappa shape index (κ2) is 4.08. The Bertz CT molecular complexity index is 454. The zero-order valence-electron chi connectivity index (χ0n) is 8.64. The first kappa shape index (κ1) is 10.3. The Morgan fingerprint density at radius 2 is 2.13 bits per heavy atom. The van der Waals surface area contributed by atoms with Gasteiger partial charge in [-0.25, -0.2) is 0 Å². The summed E-state index contributed by atoms with van der Waals surface area (Å²) >= 11 is 1.25. The van der Waals surface area contributed by atoms with Crippen LogP contribution in [0.25, 0.3) is 0 Å². The molecule has 0 spiro atoms. The molecule has 0 aliphatic carbocycles. The minimum Gasteiger partial charge on any atom is -0.382 e. The third kappa shape index (κ3) is 2.06. The van der Waals surface area contributed by atoms with Gasteiger partial charge in [-0.2, -0.15) is 0 Å². The Kier molecular flexibility index (Phi) is 2.79. The van der Waals surface area contributed by atoms with E-state index in [1.54, 1.807) is 5.38 Å². The van der Waals surface area contributed by atoms with Crippen molar-refractivity contribution in [1.29, 1.82) is 0 Å². The van der Waals surface area contributed by atoms with Gasteiger partial charge in [-0.05, 0) is 36.5 Å². The van der Waals surface area contributed by atoms with E-state index in [1.165, 1.54) is 11.5 Å². The number of benzene rings is 1. The molecule has 0 saturated carbocycles. The smallest absolute Gasteiger partial charge is 0.124 e. The van der Waals surface area contributed by atoms with Crippen molar-refractivity contribution in [2.75, 3.05) is 0 Å². The molecular formula is C11H12N2OS. The van der Waals surface area contributed by atoms with E-state index in [2.05, 4.69) is 9.59 Å². The van der Waals surface area contributed by atoms with Crippen LogP contribution in [0.1, 0.15) is 28.5 Å². The summed E-state index contributed by atoms with van der Waals surface area (Å²) in [6.45, 7) is 3.99. The summed E-state index contributed by atoms with van der Waals surface area (Å²) in [7, 11) is 0. The maximum atomic E-state index is 10.1. The minimum atomic E-state index is -0.663. The third-order valence-corrected chi connectivity index (χ3v) is 2.91. The van der Waals surface area contributed by atoms with Gasteiger partial charge in [0, 0.05) is 5.38 Å². The highest BCUT2D eigenvalue weighted by Gasteiger charge is 2.15. The van der Waals surface area contributed by atoms with E-state index in [-0.39, 0.29) is 0 Å². The maximum absolute atomic E-state index is 10.1. The minimum absolute atomic E-state index is 0.619. The van der Waals surface area contributed by atoms with Gasteiger partial charge < -0.3 is 5.11 Å². The molecule has 1 unspecified atom stereocenters. The van der Waals surface area contributed by atoms with Crippen molar-refractivity contribution in [2.45, 2.75) is 20.0 Å². The maximum Gasteiger partial charge on any atom is 0.124 e. The first-order valence-electron chi connectivity index (χ1n) is 4.70. The molecule has 0 radical (unpaired) electrons. The number of hydrogen-bond donors (Lipinski definition) is 1. The number of nitrogens with zero attached hydrogens (tertiary/aromatic N) is 2. The number of aryl methyl sites for hydroxylation is 2. The van der Waals surface area contributed by atoms with Gasteiger partial charge in [0.25, 0.3) is 0 Å². The molecule has 0 saturated heterocycles. The predicted octanol–water partition coefficient (Wildman–Crippen LogP) is 2.24. The van der Waals surface area contributed by atoms with Crippen molar-refractivity contribution in [3.63, 3.8) is 0 Å². The molecule has 1 aromatic carbocycles. The van der Waals surface area contributed by atoms with Crippen molar-refractivity contribution in [1.82, 2.24) is 9.59 Å². The molecule has 1 N–H and O–H groups in total. The summed E-state index contributed by atoms with van der Waals surface area (Å²) in [6, 6.07) is 6.03. The summed E-state index contributed by atoms with van der Waals surface area (Å²) in [5, 5.41) is 15.7. The summed E-state index contributed by atoms with van der Waals surface area (Å²) < 4.78 is 3.75. The van der Waals surface area contributed by atoms with Crippen molar-refractivity contribution in [3.8, 4) is 0 Å². The van der Waals surface area contributed by atoms with Gasteiger partial charge in [-0.3, -0.25) is 0 Å². The van der Waals surface area contributed by atoms with Crippen LogP contribution < -0.4 is 0 Å². The lowest BCUT2D eigenvalue weighted by Crippen LogP contribution is -2.02. The number of aromatic nitrogens is 2. The average molecular weight is 220 g/mol. The fraction of sp³-hybridized carbons (Fsp3) is 0.273. The van der Waals surface area contributed by atoms with Gasteiger partial charge in [0.1, 0.15) is 11.8 Å². The van der Waals surface area contributed by atoms with Gasteiger partial charge in [-0.1, -0.05) is 28.3 Å². The van der Waals surface area contributed by atoms with Crippen LogP contribution in [0.3, 0.4) is 0 Å². The van der Waals surface area contributed by atoms with Crippen LogP contribution in [-0.4, -0.2) is 14.7 Å². The van der Waals surface area contributed by atoms with Gasteiger partial charge in [0.05, 0.1) is 0 Å². The van der Waals surface area contributed by atoms with Crippen molar-refractivity contribution >= 4 is 11.5 Å². The molecule has 3 nitrogen and oxygen atoms in total. The molecule has 1 aromatic heterocycles. The highest BCUT2D eigenvalue weighted by Crippen LogP contribution is 2.24. The third-order valence-electron chi connectivity index (χ3n) is 2.39. The summed E-state index contributed by atoms with van der Waals surface area (Å²) in [6.07, 6.45) is -0.663. The highest BCUT2D eigenvalue weighted by molar-refractivity contribution is 7.03. The Morgan fingerprint density at radius 3 is 2.80 bits per heavy atom. The van der Waals surface area contributed by atoms with E-state index < -0.39 is 6.10 Å². The van der Waals surface area contributed by atoms with Gasteiger partial charge in [0.2, 0.25) is 0 Å². The van der Waals surface area contributed by atoms with E-state index in [0.717, 1.165) is 16.7 Å². The summed E-state index contributed by atoms with van der Waals surface area (Å²) in [5.74, 6) is 0. The van der Waals surface area contributed by atoms with Crippen molar-refractivity contribution in [2.24, 2.45) is 0 Å². The molecule has 0 bridgehead atoms. The van der Waals surface area contributed by atoms with E-state index in [1.807, 2.05) is 32.0 Å².